The minimum absolute atomic E-state index is 1.32. The van der Waals surface area contributed by atoms with Crippen LogP contribution in [-0.2, 0) is 4.84 Å². The molecule has 44 valence electrons. The van der Waals surface area contributed by atoms with Crippen LogP contribution in [0.4, 0.5) is 0 Å². The van der Waals surface area contributed by atoms with Gasteiger partial charge in [0.15, 0.2) is 0 Å². The Morgan fingerprint density at radius 1 is 1.25 bits per heavy atom. The molecule has 0 saturated heterocycles. The first-order chi connectivity index (χ1) is 3.91. The molecule has 8 heavy (non-hydrogen) atoms. The Morgan fingerprint density at radius 3 is 2.50 bits per heavy atom. The zero-order valence-electron chi connectivity index (χ0n) is 4.14. The highest BCUT2D eigenvalue weighted by Gasteiger charge is 1.61. The summed E-state index contributed by atoms with van der Waals surface area (Å²) in [6.45, 7) is 0. The third-order valence-electron chi connectivity index (χ3n) is 0.243. The van der Waals surface area contributed by atoms with Crippen molar-refractivity contribution in [1.29, 1.82) is 5.53 Å². The molecule has 1 N–H and O–H groups in total. The Bertz CT molecular complexity index is 105. The SMILES string of the molecule is CON=NN=NN=N. The summed E-state index contributed by atoms with van der Waals surface area (Å²) in [6.07, 6.45) is 0. The van der Waals surface area contributed by atoms with Crippen molar-refractivity contribution in [3.05, 3.63) is 0 Å². The van der Waals surface area contributed by atoms with Gasteiger partial charge in [-0.25, -0.2) is 0 Å². The van der Waals surface area contributed by atoms with Gasteiger partial charge >= 0.3 is 0 Å². The average molecular weight is 116 g/mol. The summed E-state index contributed by atoms with van der Waals surface area (Å²) in [5.74, 6) is 0. The molecule has 0 rings (SSSR count). The Morgan fingerprint density at radius 2 is 2.00 bits per heavy atom. The van der Waals surface area contributed by atoms with Gasteiger partial charge in [0.2, 0.25) is 0 Å². The highest BCUT2D eigenvalue weighted by molar-refractivity contribution is 3.98. The number of nitrogens with zero attached hydrogens (tertiary/aromatic N) is 5. The molecule has 0 spiro atoms. The van der Waals surface area contributed by atoms with Crippen LogP contribution in [0.15, 0.2) is 26.2 Å². The third kappa shape index (κ3) is 4.60. The first-order valence-corrected chi connectivity index (χ1v) is 1.61. The summed E-state index contributed by atoms with van der Waals surface area (Å²) >= 11 is 0. The second-order valence-electron chi connectivity index (χ2n) is 0.633. The molecular formula is CH4N6O. The number of rotatable bonds is 3. The summed E-state index contributed by atoms with van der Waals surface area (Å²) < 4.78 is 0. The van der Waals surface area contributed by atoms with Crippen LogP contribution in [-0.4, -0.2) is 7.11 Å². The molecule has 0 aliphatic heterocycles. The summed E-state index contributed by atoms with van der Waals surface area (Å²) in [7, 11) is 1.32. The predicted octanol–water partition coefficient (Wildman–Crippen LogP) is 1.31. The quantitative estimate of drug-likeness (QED) is 0.436. The van der Waals surface area contributed by atoms with Crippen molar-refractivity contribution in [2.75, 3.05) is 7.11 Å². The lowest BCUT2D eigenvalue weighted by atomic mass is 11.7. The minimum atomic E-state index is 1.32. The average Bonchev–Trinajstić information content (AvgIpc) is 1.81. The predicted molar refractivity (Wildman–Crippen MR) is 21.9 cm³/mol. The zero-order chi connectivity index (χ0) is 6.24. The van der Waals surface area contributed by atoms with E-state index in [1.54, 1.807) is 0 Å². The molecule has 0 fully saturated rings. The molecule has 0 amide bonds. The largest absolute Gasteiger partial charge is 0.381 e. The van der Waals surface area contributed by atoms with Gasteiger partial charge in [-0.1, -0.05) is 0 Å². The van der Waals surface area contributed by atoms with E-state index in [0.29, 0.717) is 0 Å². The van der Waals surface area contributed by atoms with E-state index in [9.17, 15) is 0 Å². The highest BCUT2D eigenvalue weighted by atomic mass is 16.6. The van der Waals surface area contributed by atoms with Crippen molar-refractivity contribution >= 4 is 0 Å². The molecule has 0 aromatic heterocycles. The number of hydrogen-bond acceptors (Lipinski definition) is 3. The molecule has 0 radical (unpaired) electrons. The molecule has 0 atom stereocenters. The number of nitrogens with one attached hydrogen (secondary N) is 1. The van der Waals surface area contributed by atoms with Gasteiger partial charge < -0.3 is 4.84 Å². The standard InChI is InChI=1S/CH4N6O/c1-8-7-6-5-4-3-2/h2H,1H3. The second-order valence-corrected chi connectivity index (χ2v) is 0.633. The van der Waals surface area contributed by atoms with Gasteiger partial charge in [0, 0.05) is 15.7 Å². The van der Waals surface area contributed by atoms with E-state index in [1.807, 2.05) is 0 Å². The lowest BCUT2D eigenvalue weighted by Gasteiger charge is -1.73. The van der Waals surface area contributed by atoms with Crippen molar-refractivity contribution in [2.45, 2.75) is 0 Å². The van der Waals surface area contributed by atoms with Gasteiger partial charge in [0.25, 0.3) is 0 Å². The number of hydrogen-bond donors (Lipinski definition) is 1. The van der Waals surface area contributed by atoms with E-state index < -0.39 is 0 Å². The molecule has 0 aliphatic rings. The minimum Gasteiger partial charge on any atom is -0.381 e. The van der Waals surface area contributed by atoms with Crippen LogP contribution in [0.25, 0.3) is 0 Å². The smallest absolute Gasteiger partial charge is 0.108 e. The van der Waals surface area contributed by atoms with Crippen LogP contribution in [0, 0.1) is 5.53 Å². The summed E-state index contributed by atoms with van der Waals surface area (Å²) in [4.78, 5) is 4.09. The summed E-state index contributed by atoms with van der Waals surface area (Å²) in [5.41, 5.74) is 6.06. The Balaban J connectivity index is 3.26. The molecular weight excluding hydrogens is 112 g/mol. The maximum atomic E-state index is 6.06. The fourth-order valence-electron chi connectivity index (χ4n) is 0.0907. The maximum Gasteiger partial charge on any atom is 0.108 e. The lowest BCUT2D eigenvalue weighted by molar-refractivity contribution is 0.185. The molecule has 0 saturated carbocycles. The maximum absolute atomic E-state index is 6.06. The van der Waals surface area contributed by atoms with Crippen molar-refractivity contribution in [2.24, 2.45) is 26.2 Å². The van der Waals surface area contributed by atoms with E-state index in [4.69, 9.17) is 5.53 Å². The van der Waals surface area contributed by atoms with E-state index in [0.717, 1.165) is 0 Å². The molecule has 0 unspecified atom stereocenters. The first-order valence-electron chi connectivity index (χ1n) is 1.61. The van der Waals surface area contributed by atoms with Crippen LogP contribution in [0.3, 0.4) is 0 Å². The first kappa shape index (κ1) is 6.60. The molecule has 7 heteroatoms. The Labute approximate surface area is 44.9 Å². The van der Waals surface area contributed by atoms with Gasteiger partial charge in [-0.15, -0.1) is 0 Å². The molecule has 0 aliphatic carbocycles. The molecule has 7 nitrogen and oxygen atoms in total. The molecule has 0 heterocycles. The van der Waals surface area contributed by atoms with Crippen molar-refractivity contribution < 1.29 is 4.84 Å². The van der Waals surface area contributed by atoms with E-state index in [2.05, 4.69) is 31.0 Å². The molecule has 0 bridgehead atoms. The van der Waals surface area contributed by atoms with Gasteiger partial charge in [0.05, 0.1) is 0 Å². The summed E-state index contributed by atoms with van der Waals surface area (Å²) in [6, 6.07) is 0. The van der Waals surface area contributed by atoms with E-state index >= 15 is 0 Å². The van der Waals surface area contributed by atoms with Crippen molar-refractivity contribution in [3.8, 4) is 0 Å². The van der Waals surface area contributed by atoms with Gasteiger partial charge in [-0.3, -0.25) is 0 Å². The van der Waals surface area contributed by atoms with Crippen molar-refractivity contribution in [1.82, 2.24) is 0 Å². The van der Waals surface area contributed by atoms with Crippen molar-refractivity contribution in [3.63, 3.8) is 0 Å². The van der Waals surface area contributed by atoms with Crippen LogP contribution in [0.1, 0.15) is 0 Å². The third-order valence-corrected chi connectivity index (χ3v) is 0.243. The normalized spacial score (nSPS) is 10.6. The van der Waals surface area contributed by atoms with E-state index in [-0.39, 0.29) is 0 Å². The highest BCUT2D eigenvalue weighted by Crippen LogP contribution is 1.78. The van der Waals surface area contributed by atoms with Crippen LogP contribution in [0.2, 0.25) is 0 Å². The summed E-state index contributed by atoms with van der Waals surface area (Å²) in [5, 5.41) is 14.0. The Hall–Kier alpha value is -1.40. The fraction of sp³-hybridized carbons (Fsp3) is 1.00. The molecule has 0 aromatic carbocycles. The molecule has 0 aromatic rings. The van der Waals surface area contributed by atoms with Gasteiger partial charge in [-0.2, -0.15) is 5.53 Å². The monoisotopic (exact) mass is 116 g/mol. The van der Waals surface area contributed by atoms with Crippen LogP contribution >= 0.6 is 0 Å². The zero-order valence-corrected chi connectivity index (χ0v) is 4.14. The van der Waals surface area contributed by atoms with Crippen LogP contribution < -0.4 is 0 Å². The Kier molecular flexibility index (Phi) is 4.62. The van der Waals surface area contributed by atoms with Crippen LogP contribution in [0.5, 0.6) is 0 Å². The van der Waals surface area contributed by atoms with E-state index in [1.165, 1.54) is 7.11 Å². The second kappa shape index (κ2) is 5.60. The lowest BCUT2D eigenvalue weighted by Crippen LogP contribution is -1.58. The fourth-order valence-corrected chi connectivity index (χ4v) is 0.0907. The van der Waals surface area contributed by atoms with Gasteiger partial charge in [0.1, 0.15) is 7.11 Å². The van der Waals surface area contributed by atoms with Gasteiger partial charge in [-0.05, 0) is 10.4 Å². The topological polar surface area (TPSA) is 94.9 Å².